The number of aromatic nitrogens is 2. The van der Waals surface area contributed by atoms with Gasteiger partial charge in [-0.2, -0.15) is 5.10 Å². The fourth-order valence-corrected chi connectivity index (χ4v) is 4.56. The summed E-state index contributed by atoms with van der Waals surface area (Å²) in [6.45, 7) is 2.71. The molecular formula is C26H22F5N3O4. The highest BCUT2D eigenvalue weighted by atomic mass is 19.4. The lowest BCUT2D eigenvalue weighted by atomic mass is 9.93. The van der Waals surface area contributed by atoms with E-state index in [2.05, 4.69) is 22.1 Å². The number of carbonyl (C=O) groups excluding carboxylic acids is 1. The third kappa shape index (κ3) is 5.07. The number of carboxylic acids is 1. The summed E-state index contributed by atoms with van der Waals surface area (Å²) in [4.78, 5) is 25.1. The molecule has 12 heteroatoms. The first-order valence-corrected chi connectivity index (χ1v) is 11.8. The van der Waals surface area contributed by atoms with Gasteiger partial charge in [0.1, 0.15) is 17.4 Å². The van der Waals surface area contributed by atoms with Crippen LogP contribution in [0.15, 0.2) is 42.7 Å². The van der Waals surface area contributed by atoms with Gasteiger partial charge in [-0.15, -0.1) is 13.2 Å². The van der Waals surface area contributed by atoms with Crippen LogP contribution in [-0.2, 0) is 16.8 Å². The summed E-state index contributed by atoms with van der Waals surface area (Å²) in [6, 6.07) is 4.54. The van der Waals surface area contributed by atoms with Crippen LogP contribution in [0.25, 0.3) is 11.1 Å². The molecule has 5 rings (SSSR count). The number of halogens is 5. The molecule has 2 saturated carbocycles. The number of rotatable bonds is 8. The maximum atomic E-state index is 15.2. The highest BCUT2D eigenvalue weighted by molar-refractivity contribution is 6.03. The van der Waals surface area contributed by atoms with Crippen molar-refractivity contribution in [3.05, 3.63) is 65.5 Å². The summed E-state index contributed by atoms with van der Waals surface area (Å²) in [5.74, 6) is -4.90. The van der Waals surface area contributed by atoms with Gasteiger partial charge in [-0.3, -0.25) is 9.48 Å². The molecule has 38 heavy (non-hydrogen) atoms. The monoisotopic (exact) mass is 535 g/mol. The first-order valence-electron chi connectivity index (χ1n) is 11.8. The average Bonchev–Trinajstić information content (AvgIpc) is 3.70. The average molecular weight is 535 g/mol. The molecule has 2 fully saturated rings. The van der Waals surface area contributed by atoms with Gasteiger partial charge in [0.05, 0.1) is 17.2 Å². The van der Waals surface area contributed by atoms with Crippen LogP contribution in [-0.4, -0.2) is 33.1 Å². The van der Waals surface area contributed by atoms with Crippen LogP contribution < -0.4 is 10.1 Å². The van der Waals surface area contributed by atoms with Crippen LogP contribution in [0.2, 0.25) is 0 Å². The predicted molar refractivity (Wildman–Crippen MR) is 125 cm³/mol. The van der Waals surface area contributed by atoms with Crippen molar-refractivity contribution in [2.24, 2.45) is 5.41 Å². The van der Waals surface area contributed by atoms with Gasteiger partial charge >= 0.3 is 12.3 Å². The zero-order chi connectivity index (χ0) is 27.5. The largest absolute Gasteiger partial charge is 0.573 e. The van der Waals surface area contributed by atoms with Gasteiger partial charge in [-0.1, -0.05) is 13.0 Å². The number of nitrogens with zero attached hydrogens (tertiary/aromatic N) is 2. The molecule has 7 nitrogen and oxygen atoms in total. The minimum absolute atomic E-state index is 0.121. The number of hydrogen-bond donors (Lipinski definition) is 2. The lowest BCUT2D eigenvalue weighted by Gasteiger charge is -2.18. The topological polar surface area (TPSA) is 93.5 Å². The van der Waals surface area contributed by atoms with E-state index < -0.39 is 46.6 Å². The Hall–Kier alpha value is -3.96. The second-order valence-electron chi connectivity index (χ2n) is 10.1. The van der Waals surface area contributed by atoms with Crippen molar-refractivity contribution in [3.63, 3.8) is 0 Å². The van der Waals surface area contributed by atoms with Crippen molar-refractivity contribution >= 4 is 17.6 Å². The molecule has 0 bridgehead atoms. The Balaban J connectivity index is 1.39. The van der Waals surface area contributed by atoms with E-state index in [-0.39, 0.29) is 40.6 Å². The Morgan fingerprint density at radius 3 is 2.39 bits per heavy atom. The van der Waals surface area contributed by atoms with Crippen LogP contribution in [0.1, 0.15) is 48.5 Å². The summed E-state index contributed by atoms with van der Waals surface area (Å²) in [5.41, 5.74) is -1.89. The number of carbonyl (C=O) groups is 2. The molecule has 200 valence electrons. The van der Waals surface area contributed by atoms with Crippen LogP contribution in [0.5, 0.6) is 5.75 Å². The van der Waals surface area contributed by atoms with E-state index in [9.17, 15) is 32.3 Å². The molecule has 0 unspecified atom stereocenters. The van der Waals surface area contributed by atoms with Crippen LogP contribution in [0.3, 0.4) is 0 Å². The number of benzene rings is 2. The highest BCUT2D eigenvalue weighted by Gasteiger charge is 2.53. The molecule has 2 N–H and O–H groups in total. The molecule has 1 aromatic heterocycles. The third-order valence-electron chi connectivity index (χ3n) is 7.02. The molecule has 2 aromatic carbocycles. The van der Waals surface area contributed by atoms with Crippen molar-refractivity contribution in [3.8, 4) is 16.9 Å². The standard InChI is InChI=1S/C26H22F5N3O4/c1-24(4-5-24)13-34-12-14(11-32-34)21-17(22(35)36)8-15(9-20(21)28)33-23(37)25(6-7-25)18-3-2-16(10-19(18)27)38-26(29,30)31/h2-3,8-12H,4-7,13H2,1H3,(H,33,37)(H,35,36). The fourth-order valence-electron chi connectivity index (χ4n) is 4.56. The molecule has 1 heterocycles. The van der Waals surface area contributed by atoms with Crippen LogP contribution >= 0.6 is 0 Å². The van der Waals surface area contributed by atoms with E-state index in [1.807, 2.05) is 0 Å². The Morgan fingerprint density at radius 2 is 1.82 bits per heavy atom. The van der Waals surface area contributed by atoms with Gasteiger partial charge in [0.2, 0.25) is 5.91 Å². The minimum atomic E-state index is -5.01. The molecule has 0 aliphatic heterocycles. The molecule has 0 saturated heterocycles. The quantitative estimate of drug-likeness (QED) is 0.351. The summed E-state index contributed by atoms with van der Waals surface area (Å²) in [6.07, 6.45) is 0.419. The van der Waals surface area contributed by atoms with Crippen LogP contribution in [0.4, 0.5) is 27.6 Å². The second kappa shape index (κ2) is 8.81. The lowest BCUT2D eigenvalue weighted by molar-refractivity contribution is -0.274. The molecule has 0 atom stereocenters. The summed E-state index contributed by atoms with van der Waals surface area (Å²) in [7, 11) is 0. The Bertz CT molecular complexity index is 1440. The maximum Gasteiger partial charge on any atom is 0.573 e. The van der Waals surface area contributed by atoms with E-state index in [0.29, 0.717) is 12.6 Å². The summed E-state index contributed by atoms with van der Waals surface area (Å²) < 4.78 is 72.5. The number of nitrogens with one attached hydrogen (secondary N) is 1. The predicted octanol–water partition coefficient (Wildman–Crippen LogP) is 5.90. The smallest absolute Gasteiger partial charge is 0.478 e. The van der Waals surface area contributed by atoms with Crippen LogP contribution in [0, 0.1) is 17.0 Å². The van der Waals surface area contributed by atoms with Crippen molar-refractivity contribution < 1.29 is 41.4 Å². The number of amides is 1. The molecule has 3 aromatic rings. The molecule has 2 aliphatic rings. The fraction of sp³-hybridized carbons (Fsp3) is 0.346. The van der Waals surface area contributed by atoms with Crippen molar-refractivity contribution in [2.75, 3.05) is 5.32 Å². The number of anilines is 1. The highest BCUT2D eigenvalue weighted by Crippen LogP contribution is 2.50. The molecule has 1 amide bonds. The molecule has 2 aliphatic carbocycles. The van der Waals surface area contributed by atoms with E-state index in [1.165, 1.54) is 6.20 Å². The maximum absolute atomic E-state index is 15.2. The number of hydrogen-bond acceptors (Lipinski definition) is 4. The number of alkyl halides is 3. The van der Waals surface area contributed by atoms with Gasteiger partial charge in [-0.25, -0.2) is 13.6 Å². The summed E-state index contributed by atoms with van der Waals surface area (Å²) >= 11 is 0. The van der Waals surface area contributed by atoms with E-state index in [4.69, 9.17) is 0 Å². The minimum Gasteiger partial charge on any atom is -0.478 e. The van der Waals surface area contributed by atoms with Gasteiger partial charge in [-0.05, 0) is 49.3 Å². The van der Waals surface area contributed by atoms with Gasteiger partial charge in [0.25, 0.3) is 0 Å². The van der Waals surface area contributed by atoms with Crippen molar-refractivity contribution in [1.82, 2.24) is 9.78 Å². The second-order valence-corrected chi connectivity index (χ2v) is 10.1. The van der Waals surface area contributed by atoms with Crippen molar-refractivity contribution in [2.45, 2.75) is 50.9 Å². The Morgan fingerprint density at radius 1 is 1.11 bits per heavy atom. The Labute approximate surface area is 213 Å². The van der Waals surface area contributed by atoms with Gasteiger partial charge in [0.15, 0.2) is 0 Å². The zero-order valence-corrected chi connectivity index (χ0v) is 20.0. The van der Waals surface area contributed by atoms with Crippen molar-refractivity contribution in [1.29, 1.82) is 0 Å². The SMILES string of the molecule is CC1(Cn2cc(-c3c(F)cc(NC(=O)C4(c5ccc(OC(F)(F)F)cc5F)CC4)cc3C(=O)O)cn2)CC1. The van der Waals surface area contributed by atoms with Gasteiger partial charge in [0, 0.05) is 41.2 Å². The van der Waals surface area contributed by atoms with Gasteiger partial charge < -0.3 is 15.2 Å². The first kappa shape index (κ1) is 25.7. The number of aromatic carboxylic acids is 1. The molecule has 0 spiro atoms. The molecular weight excluding hydrogens is 513 g/mol. The van der Waals surface area contributed by atoms with E-state index >= 15 is 4.39 Å². The number of ether oxygens (including phenoxy) is 1. The normalized spacial score (nSPS) is 17.1. The Kier molecular flexibility index (Phi) is 5.96. The van der Waals surface area contributed by atoms with E-state index in [0.717, 1.165) is 37.1 Å². The summed E-state index contributed by atoms with van der Waals surface area (Å²) in [5, 5.41) is 16.4. The lowest BCUT2D eigenvalue weighted by Crippen LogP contribution is -2.29. The molecule has 0 radical (unpaired) electrons. The first-order chi connectivity index (χ1) is 17.8. The zero-order valence-electron chi connectivity index (χ0n) is 20.0. The third-order valence-corrected chi connectivity index (χ3v) is 7.02. The van der Waals surface area contributed by atoms with E-state index in [1.54, 1.807) is 10.9 Å². The number of carboxylic acid groups (broad SMARTS) is 1.